The normalized spacial score (nSPS) is 21.8. The summed E-state index contributed by atoms with van der Waals surface area (Å²) in [5, 5.41) is 0. The Bertz CT molecular complexity index is 1710. The van der Waals surface area contributed by atoms with Crippen molar-refractivity contribution in [3.63, 3.8) is 0 Å². The number of fused-ring (bicyclic) bond motifs is 5. The minimum atomic E-state index is -1.63. The van der Waals surface area contributed by atoms with Gasteiger partial charge in [0.05, 0.1) is 18.7 Å². The number of anilines is 1. The predicted octanol–water partition coefficient (Wildman–Crippen LogP) is 6.15. The number of rotatable bonds is 4. The Hall–Kier alpha value is -4.84. The van der Waals surface area contributed by atoms with Gasteiger partial charge in [-0.1, -0.05) is 78.9 Å². The summed E-state index contributed by atoms with van der Waals surface area (Å²) in [6.07, 6.45) is 3.76. The number of halogens is 1. The molecule has 0 bridgehead atoms. The van der Waals surface area contributed by atoms with Crippen molar-refractivity contribution in [1.82, 2.24) is 0 Å². The quantitative estimate of drug-likeness (QED) is 0.234. The maximum Gasteiger partial charge on any atom is 0.188 e. The molecule has 5 nitrogen and oxygen atoms in total. The molecule has 4 aromatic carbocycles. The molecule has 196 valence electrons. The molecule has 1 saturated heterocycles. The maximum absolute atomic E-state index is 15.2. The lowest BCUT2D eigenvalue weighted by molar-refractivity contribution is 0.0666. The summed E-state index contributed by atoms with van der Waals surface area (Å²) in [5.41, 5.74) is 1.18. The van der Waals surface area contributed by atoms with Crippen molar-refractivity contribution >= 4 is 29.1 Å². The van der Waals surface area contributed by atoms with E-state index in [2.05, 4.69) is 0 Å². The van der Waals surface area contributed by atoms with Crippen molar-refractivity contribution in [2.45, 2.75) is 18.0 Å². The van der Waals surface area contributed by atoms with E-state index in [0.717, 1.165) is 11.3 Å². The molecular weight excluding hydrogens is 505 g/mol. The molecule has 40 heavy (non-hydrogen) atoms. The highest BCUT2D eigenvalue weighted by Gasteiger charge is 2.71. The summed E-state index contributed by atoms with van der Waals surface area (Å²) in [7, 11) is 1.55. The van der Waals surface area contributed by atoms with Crippen LogP contribution in [0, 0.1) is 11.2 Å². The summed E-state index contributed by atoms with van der Waals surface area (Å²) >= 11 is 0. The second kappa shape index (κ2) is 8.85. The lowest BCUT2D eigenvalue weighted by atomic mass is 9.64. The molecule has 2 aliphatic heterocycles. The number of ether oxygens (including phenoxy) is 1. The van der Waals surface area contributed by atoms with E-state index in [4.69, 9.17) is 4.74 Å². The highest BCUT2D eigenvalue weighted by atomic mass is 19.1. The van der Waals surface area contributed by atoms with Crippen LogP contribution in [0.15, 0.2) is 103 Å². The summed E-state index contributed by atoms with van der Waals surface area (Å²) in [5.74, 6) is -2.08. The standard InChI is InChI=1S/C34H24FNO4/c1-40-22-17-14-21(15-18-22)29-30(31(37)25-11-5-6-12-26(25)35)36-27-13-7-2-8-20(27)16-19-28(36)34(29)32(38)23-9-3-4-10-24(23)33(34)39/h2-19,28-30H,1H3/t28-,29-,30-/m1/s1. The fourth-order valence-corrected chi connectivity index (χ4v) is 6.92. The number of para-hydroxylation sites is 1. The van der Waals surface area contributed by atoms with Crippen molar-refractivity contribution in [2.75, 3.05) is 12.0 Å². The second-order valence-electron chi connectivity index (χ2n) is 10.4. The van der Waals surface area contributed by atoms with Crippen molar-refractivity contribution in [2.24, 2.45) is 5.41 Å². The fraction of sp³-hybridized carbons (Fsp3) is 0.147. The highest BCUT2D eigenvalue weighted by molar-refractivity contribution is 6.32. The number of methoxy groups -OCH3 is 1. The number of hydrogen-bond donors (Lipinski definition) is 0. The molecule has 4 aromatic rings. The third-order valence-electron chi connectivity index (χ3n) is 8.60. The van der Waals surface area contributed by atoms with Gasteiger partial charge in [-0.3, -0.25) is 14.4 Å². The van der Waals surface area contributed by atoms with E-state index in [0.29, 0.717) is 22.4 Å². The Balaban J connectivity index is 1.55. The summed E-state index contributed by atoms with van der Waals surface area (Å²) in [6.45, 7) is 0. The molecule has 6 heteroatoms. The Labute approximate surface area is 230 Å². The number of ketones is 3. The number of hydrogen-bond acceptors (Lipinski definition) is 5. The van der Waals surface area contributed by atoms with Crippen LogP contribution in [0.4, 0.5) is 10.1 Å². The van der Waals surface area contributed by atoms with Gasteiger partial charge in [-0.2, -0.15) is 0 Å². The molecule has 0 N–H and O–H groups in total. The average Bonchev–Trinajstić information content (AvgIpc) is 3.43. The number of Topliss-reactive ketones (excluding diaryl/α,β-unsaturated/α-hetero) is 3. The zero-order valence-corrected chi connectivity index (χ0v) is 21.6. The minimum absolute atomic E-state index is 0.0794. The van der Waals surface area contributed by atoms with Crippen LogP contribution in [0.1, 0.15) is 48.1 Å². The van der Waals surface area contributed by atoms with E-state index in [9.17, 15) is 14.4 Å². The molecule has 3 atom stereocenters. The Kier molecular flexibility index (Phi) is 5.36. The van der Waals surface area contributed by atoms with Gasteiger partial charge in [-0.05, 0) is 41.5 Å². The van der Waals surface area contributed by atoms with E-state index in [-0.39, 0.29) is 17.1 Å². The van der Waals surface area contributed by atoms with Gasteiger partial charge in [0.15, 0.2) is 17.3 Å². The first kappa shape index (κ1) is 24.2. The van der Waals surface area contributed by atoms with Crippen LogP contribution in [0.25, 0.3) is 6.08 Å². The Morgan fingerprint density at radius 3 is 2.12 bits per heavy atom. The molecule has 1 spiro atoms. The largest absolute Gasteiger partial charge is 0.497 e. The van der Waals surface area contributed by atoms with Gasteiger partial charge in [0.1, 0.15) is 23.0 Å². The van der Waals surface area contributed by atoms with Gasteiger partial charge in [-0.25, -0.2) is 4.39 Å². The van der Waals surface area contributed by atoms with Crippen LogP contribution in [0.2, 0.25) is 0 Å². The number of carbonyl (C=O) groups is 3. The van der Waals surface area contributed by atoms with E-state index >= 15 is 4.39 Å². The van der Waals surface area contributed by atoms with Crippen LogP contribution < -0.4 is 9.64 Å². The van der Waals surface area contributed by atoms with E-state index in [1.807, 2.05) is 41.3 Å². The molecule has 0 radical (unpaired) electrons. The van der Waals surface area contributed by atoms with Crippen molar-refractivity contribution in [1.29, 1.82) is 0 Å². The van der Waals surface area contributed by atoms with E-state index < -0.39 is 35.0 Å². The molecule has 0 unspecified atom stereocenters. The van der Waals surface area contributed by atoms with Crippen molar-refractivity contribution < 1.29 is 23.5 Å². The number of benzene rings is 4. The molecule has 0 saturated carbocycles. The van der Waals surface area contributed by atoms with Crippen molar-refractivity contribution in [3.8, 4) is 5.75 Å². The highest BCUT2D eigenvalue weighted by Crippen LogP contribution is 2.61. The smallest absolute Gasteiger partial charge is 0.188 e. The molecule has 0 aromatic heterocycles. The third-order valence-corrected chi connectivity index (χ3v) is 8.60. The SMILES string of the molecule is COc1ccc([C@@H]2[C@H](C(=O)c3ccccc3F)N3c4ccccc4C=C[C@@H]3C23C(=O)c2ccccc2C3=O)cc1. The van der Waals surface area contributed by atoms with Crippen LogP contribution >= 0.6 is 0 Å². The third kappa shape index (κ3) is 3.10. The lowest BCUT2D eigenvalue weighted by Crippen LogP contribution is -2.48. The number of carbonyl (C=O) groups excluding carboxylic acids is 3. The Morgan fingerprint density at radius 2 is 1.45 bits per heavy atom. The molecule has 0 amide bonds. The lowest BCUT2D eigenvalue weighted by Gasteiger charge is -2.37. The van der Waals surface area contributed by atoms with Gasteiger partial charge in [0.2, 0.25) is 0 Å². The van der Waals surface area contributed by atoms with E-state index in [1.54, 1.807) is 61.7 Å². The predicted molar refractivity (Wildman–Crippen MR) is 150 cm³/mol. The molecule has 1 fully saturated rings. The van der Waals surface area contributed by atoms with E-state index in [1.165, 1.54) is 18.2 Å². The molecule has 2 heterocycles. The number of nitrogens with zero attached hydrogens (tertiary/aromatic N) is 1. The Morgan fingerprint density at radius 1 is 0.825 bits per heavy atom. The topological polar surface area (TPSA) is 63.7 Å². The van der Waals surface area contributed by atoms with Crippen LogP contribution in [-0.4, -0.2) is 36.5 Å². The monoisotopic (exact) mass is 529 g/mol. The molecule has 7 rings (SSSR count). The average molecular weight is 530 g/mol. The first-order valence-corrected chi connectivity index (χ1v) is 13.2. The first-order valence-electron chi connectivity index (χ1n) is 13.2. The van der Waals surface area contributed by atoms with Gasteiger partial charge >= 0.3 is 0 Å². The molecule has 3 aliphatic rings. The molecular formula is C34H24FNO4. The summed E-state index contributed by atoms with van der Waals surface area (Å²) in [4.78, 5) is 45.6. The second-order valence-corrected chi connectivity index (χ2v) is 10.4. The van der Waals surface area contributed by atoms with Gasteiger partial charge < -0.3 is 9.64 Å². The summed E-state index contributed by atoms with van der Waals surface area (Å²) in [6, 6.07) is 25.6. The fourth-order valence-electron chi connectivity index (χ4n) is 6.92. The zero-order valence-electron chi connectivity index (χ0n) is 21.6. The van der Waals surface area contributed by atoms with Crippen LogP contribution in [0.3, 0.4) is 0 Å². The first-order chi connectivity index (χ1) is 19.5. The van der Waals surface area contributed by atoms with Gasteiger partial charge in [0.25, 0.3) is 0 Å². The summed E-state index contributed by atoms with van der Waals surface area (Å²) < 4.78 is 20.5. The van der Waals surface area contributed by atoms with Gasteiger partial charge in [0, 0.05) is 22.7 Å². The van der Waals surface area contributed by atoms with Gasteiger partial charge in [-0.15, -0.1) is 0 Å². The maximum atomic E-state index is 15.2. The van der Waals surface area contributed by atoms with Crippen molar-refractivity contribution in [3.05, 3.63) is 137 Å². The minimum Gasteiger partial charge on any atom is -0.497 e. The van der Waals surface area contributed by atoms with Crippen LogP contribution in [0.5, 0.6) is 5.75 Å². The zero-order chi connectivity index (χ0) is 27.6. The molecule has 1 aliphatic carbocycles. The van der Waals surface area contributed by atoms with Crippen LogP contribution in [-0.2, 0) is 0 Å².